The van der Waals surface area contributed by atoms with Gasteiger partial charge in [0.2, 0.25) is 0 Å². The van der Waals surface area contributed by atoms with Crippen molar-refractivity contribution in [2.45, 2.75) is 6.42 Å². The van der Waals surface area contributed by atoms with Crippen LogP contribution in [0.3, 0.4) is 0 Å². The lowest BCUT2D eigenvalue weighted by Gasteiger charge is -2.06. The number of aryl methyl sites for hydroxylation is 1. The van der Waals surface area contributed by atoms with Crippen LogP contribution in [0.25, 0.3) is 0 Å². The van der Waals surface area contributed by atoms with E-state index in [9.17, 15) is 4.79 Å². The summed E-state index contributed by atoms with van der Waals surface area (Å²) in [5.74, 6) is 0.106. The van der Waals surface area contributed by atoms with Crippen molar-refractivity contribution in [3.8, 4) is 0 Å². The molecule has 0 bridgehead atoms. The third-order valence-corrected chi connectivity index (χ3v) is 1.79. The van der Waals surface area contributed by atoms with Gasteiger partial charge in [0.05, 0.1) is 0 Å². The van der Waals surface area contributed by atoms with Crippen molar-refractivity contribution in [2.75, 3.05) is 20.6 Å². The molecular formula is C9H15N3O. The normalized spacial score (nSPS) is 10.8. The van der Waals surface area contributed by atoms with Crippen molar-refractivity contribution in [3.63, 3.8) is 0 Å². The topological polar surface area (TPSA) is 38.1 Å². The van der Waals surface area contributed by atoms with Crippen molar-refractivity contribution < 1.29 is 4.79 Å². The van der Waals surface area contributed by atoms with Gasteiger partial charge in [-0.1, -0.05) is 0 Å². The van der Waals surface area contributed by atoms with Gasteiger partial charge in [-0.3, -0.25) is 9.48 Å². The van der Waals surface area contributed by atoms with Gasteiger partial charge >= 0.3 is 0 Å². The molecule has 0 N–H and O–H groups in total. The average Bonchev–Trinajstić information content (AvgIpc) is 2.47. The zero-order valence-electron chi connectivity index (χ0n) is 8.32. The maximum absolute atomic E-state index is 11.5. The van der Waals surface area contributed by atoms with Crippen LogP contribution in [-0.2, 0) is 7.05 Å². The van der Waals surface area contributed by atoms with Crippen molar-refractivity contribution in [1.82, 2.24) is 14.7 Å². The highest BCUT2D eigenvalue weighted by atomic mass is 16.1. The number of aromatic nitrogens is 2. The molecule has 0 radical (unpaired) electrons. The van der Waals surface area contributed by atoms with Gasteiger partial charge in [0.15, 0.2) is 5.78 Å². The fourth-order valence-electron chi connectivity index (χ4n) is 1.02. The molecule has 0 aromatic carbocycles. The van der Waals surface area contributed by atoms with E-state index in [4.69, 9.17) is 0 Å². The number of rotatable bonds is 4. The minimum atomic E-state index is 0.106. The van der Waals surface area contributed by atoms with Gasteiger partial charge in [0, 0.05) is 26.2 Å². The SMILES string of the molecule is CN(C)CCC(=O)c1ccn(C)n1. The van der Waals surface area contributed by atoms with E-state index in [1.165, 1.54) is 0 Å². The largest absolute Gasteiger partial charge is 0.309 e. The molecule has 1 aromatic rings. The molecule has 1 aromatic heterocycles. The summed E-state index contributed by atoms with van der Waals surface area (Å²) in [6, 6.07) is 1.75. The first kappa shape index (κ1) is 9.92. The van der Waals surface area contributed by atoms with Crippen LogP contribution in [0, 0.1) is 0 Å². The van der Waals surface area contributed by atoms with Crippen molar-refractivity contribution in [1.29, 1.82) is 0 Å². The Morgan fingerprint density at radius 1 is 1.62 bits per heavy atom. The molecule has 0 saturated carbocycles. The summed E-state index contributed by atoms with van der Waals surface area (Å²) in [7, 11) is 5.71. The van der Waals surface area contributed by atoms with Crippen LogP contribution in [0.15, 0.2) is 12.3 Å². The lowest BCUT2D eigenvalue weighted by Crippen LogP contribution is -2.17. The summed E-state index contributed by atoms with van der Waals surface area (Å²) in [6.07, 6.45) is 2.31. The molecule has 0 fully saturated rings. The second-order valence-electron chi connectivity index (χ2n) is 3.35. The van der Waals surface area contributed by atoms with E-state index in [1.54, 1.807) is 16.9 Å². The molecule has 0 spiro atoms. The van der Waals surface area contributed by atoms with Gasteiger partial charge in [-0.2, -0.15) is 5.10 Å². The predicted octanol–water partition coefficient (Wildman–Crippen LogP) is 0.554. The third-order valence-electron chi connectivity index (χ3n) is 1.79. The van der Waals surface area contributed by atoms with Gasteiger partial charge in [0.25, 0.3) is 0 Å². The van der Waals surface area contributed by atoms with E-state index in [1.807, 2.05) is 26.0 Å². The highest BCUT2D eigenvalue weighted by Gasteiger charge is 2.08. The van der Waals surface area contributed by atoms with Crippen LogP contribution in [0.2, 0.25) is 0 Å². The van der Waals surface area contributed by atoms with Crippen molar-refractivity contribution in [2.24, 2.45) is 7.05 Å². The predicted molar refractivity (Wildman–Crippen MR) is 50.7 cm³/mol. The van der Waals surface area contributed by atoms with E-state index in [2.05, 4.69) is 5.10 Å². The molecule has 0 aliphatic heterocycles. The Balaban J connectivity index is 2.49. The number of hydrogen-bond donors (Lipinski definition) is 0. The summed E-state index contributed by atoms with van der Waals surface area (Å²) in [6.45, 7) is 0.773. The fraction of sp³-hybridized carbons (Fsp3) is 0.556. The van der Waals surface area contributed by atoms with Crippen LogP contribution < -0.4 is 0 Å². The number of nitrogens with zero attached hydrogens (tertiary/aromatic N) is 3. The Hall–Kier alpha value is -1.16. The molecular weight excluding hydrogens is 166 g/mol. The number of hydrogen-bond acceptors (Lipinski definition) is 3. The first-order chi connectivity index (χ1) is 6.09. The van der Waals surface area contributed by atoms with Crippen molar-refractivity contribution >= 4 is 5.78 Å². The van der Waals surface area contributed by atoms with Crippen LogP contribution in [0.4, 0.5) is 0 Å². The molecule has 0 saturated heterocycles. The van der Waals surface area contributed by atoms with Gasteiger partial charge < -0.3 is 4.90 Å². The molecule has 0 atom stereocenters. The van der Waals surface area contributed by atoms with Crippen LogP contribution in [-0.4, -0.2) is 41.1 Å². The van der Waals surface area contributed by atoms with Gasteiger partial charge in [0.1, 0.15) is 5.69 Å². The second kappa shape index (κ2) is 4.18. The standard InChI is InChI=1S/C9H15N3O/c1-11(2)6-5-9(13)8-4-7-12(3)10-8/h4,7H,5-6H2,1-3H3. The van der Waals surface area contributed by atoms with E-state index >= 15 is 0 Å². The third kappa shape index (κ3) is 2.99. The summed E-state index contributed by atoms with van der Waals surface area (Å²) < 4.78 is 1.64. The first-order valence-electron chi connectivity index (χ1n) is 4.27. The Kier molecular flexibility index (Phi) is 3.19. The minimum absolute atomic E-state index is 0.106. The Morgan fingerprint density at radius 2 is 2.31 bits per heavy atom. The average molecular weight is 181 g/mol. The maximum Gasteiger partial charge on any atom is 0.184 e. The lowest BCUT2D eigenvalue weighted by molar-refractivity contribution is 0.0967. The Morgan fingerprint density at radius 3 is 2.77 bits per heavy atom. The molecule has 0 amide bonds. The molecule has 13 heavy (non-hydrogen) atoms. The maximum atomic E-state index is 11.5. The second-order valence-corrected chi connectivity index (χ2v) is 3.35. The van der Waals surface area contributed by atoms with Gasteiger partial charge in [-0.25, -0.2) is 0 Å². The number of carbonyl (C=O) groups is 1. The van der Waals surface area contributed by atoms with Gasteiger partial charge in [-0.05, 0) is 20.2 Å². The molecule has 1 rings (SSSR count). The lowest BCUT2D eigenvalue weighted by atomic mass is 10.2. The zero-order chi connectivity index (χ0) is 9.84. The van der Waals surface area contributed by atoms with Crippen LogP contribution >= 0.6 is 0 Å². The Bertz CT molecular complexity index is 291. The van der Waals surface area contributed by atoms with E-state index < -0.39 is 0 Å². The monoisotopic (exact) mass is 181 g/mol. The molecule has 0 unspecified atom stereocenters. The van der Waals surface area contributed by atoms with E-state index in [0.717, 1.165) is 6.54 Å². The number of carbonyl (C=O) groups excluding carboxylic acids is 1. The minimum Gasteiger partial charge on any atom is -0.309 e. The quantitative estimate of drug-likeness (QED) is 0.637. The summed E-state index contributed by atoms with van der Waals surface area (Å²) in [4.78, 5) is 13.4. The molecule has 4 nitrogen and oxygen atoms in total. The summed E-state index contributed by atoms with van der Waals surface area (Å²) in [5.41, 5.74) is 0.560. The summed E-state index contributed by atoms with van der Waals surface area (Å²) in [5, 5.41) is 4.04. The number of Topliss-reactive ketones (excluding diaryl/α,β-unsaturated/α-hetero) is 1. The molecule has 1 heterocycles. The first-order valence-corrected chi connectivity index (χ1v) is 4.27. The molecule has 0 aliphatic rings. The Labute approximate surface area is 78.1 Å². The van der Waals surface area contributed by atoms with E-state index in [0.29, 0.717) is 12.1 Å². The van der Waals surface area contributed by atoms with Gasteiger partial charge in [-0.15, -0.1) is 0 Å². The fourth-order valence-corrected chi connectivity index (χ4v) is 1.02. The smallest absolute Gasteiger partial charge is 0.184 e. The highest BCUT2D eigenvalue weighted by molar-refractivity contribution is 5.94. The zero-order valence-corrected chi connectivity index (χ0v) is 8.32. The molecule has 0 aliphatic carbocycles. The van der Waals surface area contributed by atoms with Crippen LogP contribution in [0.5, 0.6) is 0 Å². The molecule has 4 heteroatoms. The van der Waals surface area contributed by atoms with E-state index in [-0.39, 0.29) is 5.78 Å². The van der Waals surface area contributed by atoms with Crippen molar-refractivity contribution in [3.05, 3.63) is 18.0 Å². The number of ketones is 1. The highest BCUT2D eigenvalue weighted by Crippen LogP contribution is 1.99. The summed E-state index contributed by atoms with van der Waals surface area (Å²) >= 11 is 0. The molecule has 72 valence electrons. The van der Waals surface area contributed by atoms with Crippen LogP contribution in [0.1, 0.15) is 16.9 Å².